The first-order chi connectivity index (χ1) is 16.9. The van der Waals surface area contributed by atoms with Crippen molar-refractivity contribution in [3.63, 3.8) is 0 Å². The summed E-state index contributed by atoms with van der Waals surface area (Å²) in [5.74, 6) is 0.258. The number of hydrogen-bond donors (Lipinski definition) is 1. The summed E-state index contributed by atoms with van der Waals surface area (Å²) in [5.41, 5.74) is 7.37. The van der Waals surface area contributed by atoms with Crippen LogP contribution in [0.15, 0.2) is 30.7 Å². The predicted octanol–water partition coefficient (Wildman–Crippen LogP) is 2.89. The van der Waals surface area contributed by atoms with Crippen molar-refractivity contribution in [2.24, 2.45) is 0 Å². The van der Waals surface area contributed by atoms with Gasteiger partial charge in [-0.1, -0.05) is 6.07 Å². The molecule has 9 nitrogen and oxygen atoms in total. The Hall–Kier alpha value is -3.87. The maximum Gasteiger partial charge on any atom is 0.338 e. The number of hydrogen-bond acceptors (Lipinski definition) is 9. The fourth-order valence-corrected chi connectivity index (χ4v) is 4.83. The van der Waals surface area contributed by atoms with Crippen molar-refractivity contribution in [3.8, 4) is 6.07 Å². The lowest BCUT2D eigenvalue weighted by Gasteiger charge is -2.31. The number of cyclic esters (lactones) is 1. The van der Waals surface area contributed by atoms with Crippen LogP contribution < -0.4 is 4.90 Å². The van der Waals surface area contributed by atoms with Crippen molar-refractivity contribution in [1.82, 2.24) is 19.9 Å². The zero-order valence-electron chi connectivity index (χ0n) is 19.9. The summed E-state index contributed by atoms with van der Waals surface area (Å²) in [6, 6.07) is 5.74. The topological polar surface area (TPSA) is 115 Å². The van der Waals surface area contributed by atoms with E-state index in [0.717, 1.165) is 52.2 Å². The third-order valence-electron chi connectivity index (χ3n) is 6.97. The van der Waals surface area contributed by atoms with Crippen LogP contribution in [-0.2, 0) is 24.3 Å². The standard InChI is InChI=1S/C26H26N6O3/c1-15-17(8-27)9-28-11-23(15)31(3)26-29-10-18-12-32(7-6-22(18)30-26)13-24(33)19-4-5-20-21(16(19)2)14-35-25(20)34/h4-5,9-11,24,33H,6-7,12-14H2,1-3H3. The molecule has 0 saturated carbocycles. The van der Waals surface area contributed by atoms with Gasteiger partial charge in [-0.2, -0.15) is 5.26 Å². The number of ether oxygens (including phenoxy) is 1. The summed E-state index contributed by atoms with van der Waals surface area (Å²) < 4.78 is 5.13. The summed E-state index contributed by atoms with van der Waals surface area (Å²) >= 11 is 0. The molecule has 0 spiro atoms. The zero-order chi connectivity index (χ0) is 24.7. The number of anilines is 2. The molecule has 1 atom stereocenters. The fourth-order valence-electron chi connectivity index (χ4n) is 4.83. The second kappa shape index (κ2) is 9.06. The van der Waals surface area contributed by atoms with Crippen LogP contribution in [-0.4, -0.2) is 51.1 Å². The average molecular weight is 471 g/mol. The van der Waals surface area contributed by atoms with E-state index >= 15 is 0 Å². The lowest BCUT2D eigenvalue weighted by Crippen LogP contribution is -2.35. The maximum absolute atomic E-state index is 11.8. The number of carbonyl (C=O) groups is 1. The first kappa shape index (κ1) is 22.9. The molecule has 178 valence electrons. The van der Waals surface area contributed by atoms with Gasteiger partial charge in [0.2, 0.25) is 5.95 Å². The maximum atomic E-state index is 11.8. The van der Waals surface area contributed by atoms with Gasteiger partial charge in [0.25, 0.3) is 0 Å². The normalized spacial score (nSPS) is 15.7. The Labute approximate surface area is 203 Å². The van der Waals surface area contributed by atoms with Gasteiger partial charge < -0.3 is 14.7 Å². The van der Waals surface area contributed by atoms with Crippen LogP contribution in [0.25, 0.3) is 0 Å². The van der Waals surface area contributed by atoms with E-state index in [0.29, 0.717) is 30.2 Å². The summed E-state index contributed by atoms with van der Waals surface area (Å²) in [4.78, 5) is 29.4. The number of aliphatic hydroxyl groups is 1. The van der Waals surface area contributed by atoms with Crippen LogP contribution in [0.5, 0.6) is 0 Å². The number of esters is 1. The smallest absolute Gasteiger partial charge is 0.338 e. The quantitative estimate of drug-likeness (QED) is 0.562. The van der Waals surface area contributed by atoms with Gasteiger partial charge in [0, 0.05) is 56.6 Å². The molecule has 0 aliphatic carbocycles. The van der Waals surface area contributed by atoms with Gasteiger partial charge in [-0.3, -0.25) is 9.88 Å². The highest BCUT2D eigenvalue weighted by molar-refractivity contribution is 5.94. The summed E-state index contributed by atoms with van der Waals surface area (Å²) in [6.07, 6.45) is 5.18. The molecule has 0 saturated heterocycles. The third-order valence-corrected chi connectivity index (χ3v) is 6.97. The number of aliphatic hydroxyl groups excluding tert-OH is 1. The lowest BCUT2D eigenvalue weighted by atomic mass is 9.95. The molecular weight excluding hydrogens is 444 g/mol. The highest BCUT2D eigenvalue weighted by atomic mass is 16.5. The van der Waals surface area contributed by atoms with Gasteiger partial charge in [0.05, 0.1) is 34.8 Å². The molecule has 1 unspecified atom stereocenters. The molecule has 2 aliphatic heterocycles. The van der Waals surface area contributed by atoms with E-state index in [1.165, 1.54) is 0 Å². The van der Waals surface area contributed by atoms with Crippen molar-refractivity contribution in [2.75, 3.05) is 25.0 Å². The number of rotatable bonds is 5. The van der Waals surface area contributed by atoms with Crippen molar-refractivity contribution in [2.45, 2.75) is 39.5 Å². The molecule has 3 aromatic rings. The predicted molar refractivity (Wildman–Crippen MR) is 128 cm³/mol. The molecule has 0 amide bonds. The molecule has 4 heterocycles. The monoisotopic (exact) mass is 470 g/mol. The van der Waals surface area contributed by atoms with Crippen LogP contribution >= 0.6 is 0 Å². The third kappa shape index (κ3) is 4.11. The minimum Gasteiger partial charge on any atom is -0.457 e. The highest BCUT2D eigenvalue weighted by Crippen LogP contribution is 2.31. The number of carbonyl (C=O) groups excluding carboxylic acids is 1. The minimum atomic E-state index is -0.674. The molecular formula is C26H26N6O3. The Morgan fingerprint density at radius 1 is 1.26 bits per heavy atom. The highest BCUT2D eigenvalue weighted by Gasteiger charge is 2.27. The molecule has 35 heavy (non-hydrogen) atoms. The van der Waals surface area contributed by atoms with Gasteiger partial charge in [0.1, 0.15) is 12.7 Å². The molecule has 0 radical (unpaired) electrons. The molecule has 9 heteroatoms. The number of pyridine rings is 1. The molecule has 5 rings (SSSR count). The van der Waals surface area contributed by atoms with Gasteiger partial charge in [-0.25, -0.2) is 14.8 Å². The molecule has 2 aromatic heterocycles. The fraction of sp³-hybridized carbons (Fsp3) is 0.346. The number of benzene rings is 1. The SMILES string of the molecule is Cc1c(C#N)cncc1N(C)c1ncc2c(n1)CCN(CC(O)c1ccc3c(c1C)COC3=O)C2. The first-order valence-corrected chi connectivity index (χ1v) is 11.5. The van der Waals surface area contributed by atoms with Crippen molar-refractivity contribution in [3.05, 3.63) is 75.4 Å². The Balaban J connectivity index is 1.30. The first-order valence-electron chi connectivity index (χ1n) is 11.5. The van der Waals surface area contributed by atoms with Crippen molar-refractivity contribution >= 4 is 17.6 Å². The van der Waals surface area contributed by atoms with Crippen LogP contribution in [0.3, 0.4) is 0 Å². The van der Waals surface area contributed by atoms with E-state index in [9.17, 15) is 15.2 Å². The number of nitriles is 1. The van der Waals surface area contributed by atoms with E-state index < -0.39 is 6.10 Å². The number of aromatic nitrogens is 3. The molecule has 0 fully saturated rings. The molecule has 2 aliphatic rings. The van der Waals surface area contributed by atoms with Crippen LogP contribution in [0, 0.1) is 25.2 Å². The van der Waals surface area contributed by atoms with Crippen molar-refractivity contribution in [1.29, 1.82) is 5.26 Å². The average Bonchev–Trinajstić information content (AvgIpc) is 3.25. The Morgan fingerprint density at radius 2 is 2.09 bits per heavy atom. The van der Waals surface area contributed by atoms with Gasteiger partial charge in [-0.05, 0) is 36.6 Å². The lowest BCUT2D eigenvalue weighted by molar-refractivity contribution is 0.0535. The van der Waals surface area contributed by atoms with Gasteiger partial charge in [-0.15, -0.1) is 0 Å². The van der Waals surface area contributed by atoms with E-state index in [4.69, 9.17) is 9.72 Å². The minimum absolute atomic E-state index is 0.266. The second-order valence-corrected chi connectivity index (χ2v) is 9.03. The van der Waals surface area contributed by atoms with E-state index in [-0.39, 0.29) is 12.6 Å². The molecule has 1 aromatic carbocycles. The Bertz CT molecular complexity index is 1370. The largest absolute Gasteiger partial charge is 0.457 e. The van der Waals surface area contributed by atoms with E-state index in [2.05, 4.69) is 20.9 Å². The number of fused-ring (bicyclic) bond motifs is 2. The Morgan fingerprint density at radius 3 is 2.89 bits per heavy atom. The summed E-state index contributed by atoms with van der Waals surface area (Å²) in [5, 5.41) is 20.3. The van der Waals surface area contributed by atoms with Crippen LogP contribution in [0.4, 0.5) is 11.6 Å². The van der Waals surface area contributed by atoms with E-state index in [1.807, 2.05) is 38.1 Å². The van der Waals surface area contributed by atoms with Gasteiger partial charge in [0.15, 0.2) is 0 Å². The van der Waals surface area contributed by atoms with Crippen molar-refractivity contribution < 1.29 is 14.6 Å². The number of nitrogens with zero attached hydrogens (tertiary/aromatic N) is 6. The van der Waals surface area contributed by atoms with E-state index in [1.54, 1.807) is 18.5 Å². The number of β-amino-alcohol motifs (C(OH)–C–C–N with tert-alkyl or cyclic N) is 1. The molecule has 1 N–H and O–H groups in total. The van der Waals surface area contributed by atoms with Crippen LogP contribution in [0.2, 0.25) is 0 Å². The summed E-state index contributed by atoms with van der Waals surface area (Å²) in [7, 11) is 1.87. The van der Waals surface area contributed by atoms with Gasteiger partial charge >= 0.3 is 5.97 Å². The Kier molecular flexibility index (Phi) is 5.93. The second-order valence-electron chi connectivity index (χ2n) is 9.03. The van der Waals surface area contributed by atoms with Crippen LogP contribution in [0.1, 0.15) is 55.5 Å². The summed E-state index contributed by atoms with van der Waals surface area (Å²) in [6.45, 7) is 5.97. The zero-order valence-corrected chi connectivity index (χ0v) is 19.9. The molecule has 0 bridgehead atoms.